The van der Waals surface area contributed by atoms with Gasteiger partial charge in [-0.1, -0.05) is 0 Å². The number of piperidine rings is 1. The zero-order valence-electron chi connectivity index (χ0n) is 13.5. The van der Waals surface area contributed by atoms with Crippen molar-refractivity contribution in [2.75, 3.05) is 6.54 Å². The number of hydrogen-bond donors (Lipinski definition) is 2. The van der Waals surface area contributed by atoms with Gasteiger partial charge in [0, 0.05) is 36.2 Å². The van der Waals surface area contributed by atoms with Crippen LogP contribution >= 0.6 is 0 Å². The molecule has 5 rings (SSSR count). The minimum absolute atomic E-state index is 0.120. The summed E-state index contributed by atoms with van der Waals surface area (Å²) in [7, 11) is 0. The largest absolute Gasteiger partial charge is 0.346 e. The number of aromatic amines is 2. The molecule has 1 aliphatic carbocycles. The van der Waals surface area contributed by atoms with Gasteiger partial charge in [-0.15, -0.1) is 0 Å². The lowest BCUT2D eigenvalue weighted by Gasteiger charge is -2.42. The second-order valence-corrected chi connectivity index (χ2v) is 6.90. The van der Waals surface area contributed by atoms with E-state index in [1.807, 2.05) is 30.0 Å². The second-order valence-electron chi connectivity index (χ2n) is 6.90. The minimum Gasteiger partial charge on any atom is -0.346 e. The second kappa shape index (κ2) is 4.93. The van der Waals surface area contributed by atoms with Crippen molar-refractivity contribution in [2.24, 2.45) is 0 Å². The Bertz CT molecular complexity index is 940. The molecule has 2 bridgehead atoms. The van der Waals surface area contributed by atoms with Crippen LogP contribution in [0.25, 0.3) is 11.0 Å². The first kappa shape index (κ1) is 13.8. The number of imidazole rings is 2. The SMILES string of the molecule is Cc1nc2c([nH]1)C[C@@H]1C[C@H]2CCN1C(=O)c1ccc2nc[nH]c2c1. The van der Waals surface area contributed by atoms with Crippen molar-refractivity contribution in [3.63, 3.8) is 0 Å². The predicted octanol–water partition coefficient (Wildman–Crippen LogP) is 2.54. The van der Waals surface area contributed by atoms with Gasteiger partial charge in [-0.05, 0) is 38.0 Å². The molecule has 2 aromatic heterocycles. The molecule has 1 saturated heterocycles. The van der Waals surface area contributed by atoms with Crippen LogP contribution in [0.4, 0.5) is 0 Å². The monoisotopic (exact) mass is 321 g/mol. The van der Waals surface area contributed by atoms with Crippen molar-refractivity contribution in [1.82, 2.24) is 24.8 Å². The Hall–Kier alpha value is -2.63. The van der Waals surface area contributed by atoms with E-state index in [0.717, 1.165) is 48.2 Å². The summed E-state index contributed by atoms with van der Waals surface area (Å²) in [6.07, 6.45) is 4.56. The quantitative estimate of drug-likeness (QED) is 0.723. The van der Waals surface area contributed by atoms with Crippen LogP contribution in [0, 0.1) is 6.92 Å². The van der Waals surface area contributed by atoms with Crippen molar-refractivity contribution in [2.45, 2.75) is 38.1 Å². The molecule has 1 aromatic carbocycles. The van der Waals surface area contributed by atoms with Crippen molar-refractivity contribution in [3.05, 3.63) is 47.3 Å². The molecular weight excluding hydrogens is 302 g/mol. The van der Waals surface area contributed by atoms with E-state index in [1.54, 1.807) is 6.33 Å². The number of hydrogen-bond acceptors (Lipinski definition) is 3. The third-order valence-electron chi connectivity index (χ3n) is 5.40. The maximum absolute atomic E-state index is 13.0. The van der Waals surface area contributed by atoms with Crippen LogP contribution in [-0.2, 0) is 6.42 Å². The maximum atomic E-state index is 13.0. The average Bonchev–Trinajstić information content (AvgIpc) is 3.19. The number of nitrogens with one attached hydrogen (secondary N) is 2. The van der Waals surface area contributed by atoms with Gasteiger partial charge in [0.25, 0.3) is 5.91 Å². The van der Waals surface area contributed by atoms with Crippen LogP contribution < -0.4 is 0 Å². The Kier molecular flexibility index (Phi) is 2.83. The van der Waals surface area contributed by atoms with Crippen molar-refractivity contribution >= 4 is 16.9 Å². The zero-order chi connectivity index (χ0) is 16.3. The molecule has 2 aliphatic rings. The molecule has 0 radical (unpaired) electrons. The third-order valence-corrected chi connectivity index (χ3v) is 5.40. The van der Waals surface area contributed by atoms with Crippen LogP contribution in [0.15, 0.2) is 24.5 Å². The number of amides is 1. The Morgan fingerprint density at radius 2 is 2.29 bits per heavy atom. The summed E-state index contributed by atoms with van der Waals surface area (Å²) < 4.78 is 0. The van der Waals surface area contributed by atoms with Gasteiger partial charge in [0.2, 0.25) is 0 Å². The molecule has 2 N–H and O–H groups in total. The van der Waals surface area contributed by atoms with E-state index < -0.39 is 0 Å². The maximum Gasteiger partial charge on any atom is 0.254 e. The molecule has 24 heavy (non-hydrogen) atoms. The Morgan fingerprint density at radius 1 is 1.38 bits per heavy atom. The number of nitrogens with zero attached hydrogens (tertiary/aromatic N) is 3. The number of aryl methyl sites for hydroxylation is 1. The van der Waals surface area contributed by atoms with E-state index in [-0.39, 0.29) is 11.9 Å². The first-order chi connectivity index (χ1) is 11.7. The lowest BCUT2D eigenvalue weighted by Crippen LogP contribution is -2.48. The lowest BCUT2D eigenvalue weighted by atomic mass is 9.80. The van der Waals surface area contributed by atoms with E-state index in [9.17, 15) is 4.79 Å². The first-order valence-corrected chi connectivity index (χ1v) is 8.48. The number of H-pyrrole nitrogens is 2. The van der Waals surface area contributed by atoms with Crippen LogP contribution in [0.3, 0.4) is 0 Å². The smallest absolute Gasteiger partial charge is 0.254 e. The Labute approximate surface area is 139 Å². The highest BCUT2D eigenvalue weighted by atomic mass is 16.2. The number of carbonyl (C=O) groups is 1. The molecule has 0 spiro atoms. The van der Waals surface area contributed by atoms with Gasteiger partial charge in [-0.2, -0.15) is 0 Å². The Morgan fingerprint density at radius 3 is 3.21 bits per heavy atom. The standard InChI is InChI=1S/C18H19N5O/c1-10-21-16-8-13-6-11(17(16)22-10)4-5-23(13)18(24)12-2-3-14-15(7-12)20-9-19-14/h2-3,7,9,11,13H,4-6,8H2,1H3,(H,19,20)(H,21,22)/t11-,13+/m1/s1. The fraction of sp³-hybridized carbons (Fsp3) is 0.389. The van der Waals surface area contributed by atoms with Gasteiger partial charge in [-0.3, -0.25) is 4.79 Å². The van der Waals surface area contributed by atoms with Crippen molar-refractivity contribution in [3.8, 4) is 0 Å². The van der Waals surface area contributed by atoms with E-state index >= 15 is 0 Å². The van der Waals surface area contributed by atoms with Gasteiger partial charge in [0.05, 0.1) is 23.1 Å². The fourth-order valence-corrected chi connectivity index (χ4v) is 4.28. The van der Waals surface area contributed by atoms with Gasteiger partial charge in [0.15, 0.2) is 0 Å². The molecule has 1 fully saturated rings. The summed E-state index contributed by atoms with van der Waals surface area (Å²) in [6.45, 7) is 2.81. The van der Waals surface area contributed by atoms with Gasteiger partial charge in [0.1, 0.15) is 5.82 Å². The molecule has 1 aliphatic heterocycles. The van der Waals surface area contributed by atoms with Gasteiger partial charge in [-0.25, -0.2) is 9.97 Å². The number of carbonyl (C=O) groups excluding carboxylic acids is 1. The molecule has 1 amide bonds. The highest BCUT2D eigenvalue weighted by Crippen LogP contribution is 2.39. The molecule has 2 atom stereocenters. The first-order valence-electron chi connectivity index (χ1n) is 8.48. The molecule has 6 heteroatoms. The summed E-state index contributed by atoms with van der Waals surface area (Å²) in [4.78, 5) is 30.4. The van der Waals surface area contributed by atoms with Gasteiger partial charge >= 0.3 is 0 Å². The minimum atomic E-state index is 0.120. The number of benzene rings is 1. The van der Waals surface area contributed by atoms with Crippen molar-refractivity contribution < 1.29 is 4.79 Å². The van der Waals surface area contributed by atoms with Gasteiger partial charge < -0.3 is 14.9 Å². The molecule has 122 valence electrons. The number of rotatable bonds is 1. The highest BCUT2D eigenvalue weighted by molar-refractivity contribution is 5.97. The van der Waals surface area contributed by atoms with Crippen molar-refractivity contribution in [1.29, 1.82) is 0 Å². The summed E-state index contributed by atoms with van der Waals surface area (Å²) in [6, 6.07) is 5.96. The van der Waals surface area contributed by atoms with E-state index in [2.05, 4.69) is 19.9 Å². The number of aromatic nitrogens is 4. The predicted molar refractivity (Wildman–Crippen MR) is 89.9 cm³/mol. The summed E-state index contributed by atoms with van der Waals surface area (Å²) >= 11 is 0. The van der Waals surface area contributed by atoms with Crippen LogP contribution in [0.1, 0.15) is 46.3 Å². The summed E-state index contributed by atoms with van der Waals surface area (Å²) in [5.41, 5.74) is 4.98. The molecular formula is C18H19N5O. The van der Waals surface area contributed by atoms with Crippen LogP contribution in [0.2, 0.25) is 0 Å². The fourth-order valence-electron chi connectivity index (χ4n) is 4.28. The molecule has 3 heterocycles. The lowest BCUT2D eigenvalue weighted by molar-refractivity contribution is 0.0571. The third kappa shape index (κ3) is 1.99. The zero-order valence-corrected chi connectivity index (χ0v) is 13.5. The van der Waals surface area contributed by atoms with E-state index in [1.165, 1.54) is 11.4 Å². The summed E-state index contributed by atoms with van der Waals surface area (Å²) in [5.74, 6) is 1.59. The highest BCUT2D eigenvalue weighted by Gasteiger charge is 2.39. The van der Waals surface area contributed by atoms with E-state index in [4.69, 9.17) is 0 Å². The van der Waals surface area contributed by atoms with E-state index in [0.29, 0.717) is 5.92 Å². The molecule has 3 aromatic rings. The molecule has 6 nitrogen and oxygen atoms in total. The van der Waals surface area contributed by atoms with Crippen LogP contribution in [-0.4, -0.2) is 43.3 Å². The number of fused-ring (bicyclic) bond motifs is 5. The van der Waals surface area contributed by atoms with Crippen LogP contribution in [0.5, 0.6) is 0 Å². The Balaban J connectivity index is 1.46. The topological polar surface area (TPSA) is 77.7 Å². The molecule has 0 saturated carbocycles. The summed E-state index contributed by atoms with van der Waals surface area (Å²) in [5, 5.41) is 0. The number of likely N-dealkylation sites (tertiary alicyclic amines) is 1. The molecule has 0 unspecified atom stereocenters. The normalized spacial score (nSPS) is 22.6. The average molecular weight is 321 g/mol.